The molecule has 0 bridgehead atoms. The lowest BCUT2D eigenvalue weighted by molar-refractivity contribution is -0.135. The zero-order valence-electron chi connectivity index (χ0n) is 19.4. The van der Waals surface area contributed by atoms with Crippen molar-refractivity contribution in [2.45, 2.75) is 45.2 Å². The minimum Gasteiger partial charge on any atom is -0.465 e. The molecule has 1 N–H and O–H groups in total. The molecule has 2 aromatic rings. The fraction of sp³-hybridized carbons (Fsp3) is 0.440. The molecule has 8 nitrogen and oxygen atoms in total. The molecule has 3 saturated heterocycles. The quantitative estimate of drug-likeness (QED) is 0.526. The van der Waals surface area contributed by atoms with Gasteiger partial charge in [-0.25, -0.2) is 9.69 Å². The number of benzene rings is 1. The fourth-order valence-corrected chi connectivity index (χ4v) is 7.84. The van der Waals surface area contributed by atoms with Crippen LogP contribution < -0.4 is 10.2 Å². The van der Waals surface area contributed by atoms with Gasteiger partial charge in [0.05, 0.1) is 24.5 Å². The Balaban J connectivity index is 1.56. The van der Waals surface area contributed by atoms with E-state index < -0.39 is 29.3 Å². The van der Waals surface area contributed by atoms with Gasteiger partial charge in [-0.3, -0.25) is 19.3 Å². The van der Waals surface area contributed by atoms with Gasteiger partial charge in [0.25, 0.3) is 0 Å². The van der Waals surface area contributed by atoms with E-state index in [4.69, 9.17) is 4.74 Å². The molecule has 34 heavy (non-hydrogen) atoms. The van der Waals surface area contributed by atoms with Crippen LogP contribution in [-0.2, 0) is 24.7 Å². The summed E-state index contributed by atoms with van der Waals surface area (Å²) in [5.74, 6) is -3.05. The van der Waals surface area contributed by atoms with Gasteiger partial charge in [-0.2, -0.15) is 0 Å². The van der Waals surface area contributed by atoms with E-state index in [1.807, 2.05) is 32.0 Å². The van der Waals surface area contributed by atoms with Crippen LogP contribution in [0.5, 0.6) is 0 Å². The van der Waals surface area contributed by atoms with Gasteiger partial charge in [-0.15, -0.1) is 11.3 Å². The molecular weight excluding hydrogens is 454 g/mol. The molecule has 4 aliphatic heterocycles. The second-order valence-electron chi connectivity index (χ2n) is 9.59. The van der Waals surface area contributed by atoms with Crippen LogP contribution in [0, 0.1) is 32.6 Å². The van der Waals surface area contributed by atoms with Crippen molar-refractivity contribution in [3.63, 3.8) is 0 Å². The minimum absolute atomic E-state index is 0.201. The number of fused-ring (bicyclic) bond motifs is 7. The number of anilines is 2. The molecule has 5 heterocycles. The summed E-state index contributed by atoms with van der Waals surface area (Å²) in [6.45, 7) is 6.23. The third-order valence-electron chi connectivity index (χ3n) is 8.20. The van der Waals surface area contributed by atoms with Gasteiger partial charge in [-0.1, -0.05) is 18.2 Å². The molecule has 1 aromatic heterocycles. The van der Waals surface area contributed by atoms with Crippen LogP contribution in [0.1, 0.15) is 44.8 Å². The van der Waals surface area contributed by atoms with Crippen molar-refractivity contribution in [1.29, 1.82) is 0 Å². The van der Waals surface area contributed by atoms with E-state index in [0.717, 1.165) is 34.5 Å². The Morgan fingerprint density at radius 2 is 1.94 bits per heavy atom. The third-order valence-corrected chi connectivity index (χ3v) is 9.39. The first-order valence-electron chi connectivity index (χ1n) is 11.5. The van der Waals surface area contributed by atoms with Crippen molar-refractivity contribution >= 4 is 45.7 Å². The highest BCUT2D eigenvalue weighted by Crippen LogP contribution is 2.61. The van der Waals surface area contributed by atoms with E-state index in [9.17, 15) is 19.2 Å². The number of nitrogens with zero attached hydrogens (tertiary/aromatic N) is 2. The van der Waals surface area contributed by atoms with Crippen molar-refractivity contribution in [2.75, 3.05) is 23.9 Å². The number of methoxy groups -OCH3 is 1. The van der Waals surface area contributed by atoms with E-state index in [1.54, 1.807) is 6.92 Å². The second-order valence-corrected chi connectivity index (χ2v) is 10.8. The van der Waals surface area contributed by atoms with Crippen molar-refractivity contribution in [3.05, 3.63) is 45.3 Å². The zero-order chi connectivity index (χ0) is 24.1. The van der Waals surface area contributed by atoms with Crippen LogP contribution in [0.3, 0.4) is 0 Å². The van der Waals surface area contributed by atoms with Gasteiger partial charge < -0.3 is 10.1 Å². The number of rotatable bonds is 2. The van der Waals surface area contributed by atoms with Crippen LogP contribution in [0.25, 0.3) is 0 Å². The normalized spacial score (nSPS) is 29.6. The fourth-order valence-electron chi connectivity index (χ4n) is 6.69. The first kappa shape index (κ1) is 21.5. The predicted octanol–water partition coefficient (Wildman–Crippen LogP) is 2.89. The maximum atomic E-state index is 14.2. The standard InChI is InChI=1S/C25H25N3O5S/c1-11-7-5-8-14-19(11)26-24(32)25(14)18-17(15-9-6-10-27(15)25)20(29)28(21(18)30)22-16(23(31)33-4)12(2)13(3)34-22/h5,7-8,15,17-18H,6,9-10H2,1-4H3,(H,26,32)/t15-,17-,18+,25+/m1/s1. The summed E-state index contributed by atoms with van der Waals surface area (Å²) < 4.78 is 4.98. The number of hydrogen-bond acceptors (Lipinski definition) is 7. The zero-order valence-corrected chi connectivity index (χ0v) is 20.2. The van der Waals surface area contributed by atoms with Gasteiger partial charge in [0.2, 0.25) is 17.7 Å². The van der Waals surface area contributed by atoms with Crippen LogP contribution >= 0.6 is 11.3 Å². The van der Waals surface area contributed by atoms with E-state index >= 15 is 0 Å². The Hall–Kier alpha value is -3.04. The summed E-state index contributed by atoms with van der Waals surface area (Å²) in [6, 6.07) is 5.53. The number of aryl methyl sites for hydroxylation is 2. The Morgan fingerprint density at radius 3 is 2.68 bits per heavy atom. The smallest absolute Gasteiger partial charge is 0.341 e. The monoisotopic (exact) mass is 479 g/mol. The highest BCUT2D eigenvalue weighted by atomic mass is 32.1. The number of imide groups is 1. The maximum absolute atomic E-state index is 14.2. The molecule has 1 aromatic carbocycles. The predicted molar refractivity (Wildman–Crippen MR) is 126 cm³/mol. The Bertz CT molecular complexity index is 1320. The van der Waals surface area contributed by atoms with Crippen LogP contribution in [-0.4, -0.2) is 48.3 Å². The minimum atomic E-state index is -1.22. The van der Waals surface area contributed by atoms with Gasteiger partial charge in [0.1, 0.15) is 10.5 Å². The second kappa shape index (κ2) is 6.99. The molecule has 3 amide bonds. The summed E-state index contributed by atoms with van der Waals surface area (Å²) >= 11 is 1.24. The number of carbonyl (C=O) groups is 4. The topological polar surface area (TPSA) is 96.0 Å². The SMILES string of the molecule is COC(=O)c1c(N2C(=O)[C@@H]3[C@H]4CCCN4[C@]4(C(=O)Nc5c(C)cccc54)[C@@H]3C2=O)sc(C)c1C. The number of nitrogens with one attached hydrogen (secondary N) is 1. The summed E-state index contributed by atoms with van der Waals surface area (Å²) in [7, 11) is 1.29. The van der Waals surface area contributed by atoms with Crippen molar-refractivity contribution in [1.82, 2.24) is 4.90 Å². The lowest BCUT2D eigenvalue weighted by atomic mass is 9.75. The molecule has 4 aliphatic rings. The molecule has 1 spiro atoms. The lowest BCUT2D eigenvalue weighted by Crippen LogP contribution is -2.54. The molecule has 6 rings (SSSR count). The Kier molecular flexibility index (Phi) is 4.42. The number of thiophene rings is 1. The van der Waals surface area contributed by atoms with Crippen molar-refractivity contribution in [3.8, 4) is 0 Å². The van der Waals surface area contributed by atoms with Crippen molar-refractivity contribution < 1.29 is 23.9 Å². The first-order valence-corrected chi connectivity index (χ1v) is 12.3. The van der Waals surface area contributed by atoms with Crippen molar-refractivity contribution in [2.24, 2.45) is 11.8 Å². The summed E-state index contributed by atoms with van der Waals surface area (Å²) in [4.78, 5) is 58.6. The Morgan fingerprint density at radius 1 is 1.18 bits per heavy atom. The van der Waals surface area contributed by atoms with Gasteiger partial charge >= 0.3 is 5.97 Å². The highest BCUT2D eigenvalue weighted by molar-refractivity contribution is 7.17. The highest BCUT2D eigenvalue weighted by Gasteiger charge is 2.75. The Labute approximate surface area is 200 Å². The number of amides is 3. The molecular formula is C25H25N3O5S. The molecule has 176 valence electrons. The summed E-state index contributed by atoms with van der Waals surface area (Å²) in [6.07, 6.45) is 1.60. The van der Waals surface area contributed by atoms with Crippen LogP contribution in [0.2, 0.25) is 0 Å². The molecule has 3 fully saturated rings. The largest absolute Gasteiger partial charge is 0.465 e. The number of para-hydroxylation sites is 1. The maximum Gasteiger partial charge on any atom is 0.341 e. The lowest BCUT2D eigenvalue weighted by Gasteiger charge is -2.36. The molecule has 0 saturated carbocycles. The van der Waals surface area contributed by atoms with Crippen LogP contribution in [0.15, 0.2) is 18.2 Å². The number of hydrogen-bond donors (Lipinski definition) is 1. The molecule has 0 unspecified atom stereocenters. The number of ether oxygens (including phenoxy) is 1. The van der Waals surface area contributed by atoms with E-state index in [-0.39, 0.29) is 23.4 Å². The van der Waals surface area contributed by atoms with Crippen LogP contribution in [0.4, 0.5) is 10.7 Å². The van der Waals surface area contributed by atoms with Gasteiger partial charge in [-0.05, 0) is 51.3 Å². The molecule has 0 radical (unpaired) electrons. The number of carbonyl (C=O) groups excluding carboxylic acids is 4. The van der Waals surface area contributed by atoms with Gasteiger partial charge in [0.15, 0.2) is 0 Å². The average Bonchev–Trinajstić information content (AvgIpc) is 3.56. The first-order chi connectivity index (χ1) is 16.2. The van der Waals surface area contributed by atoms with E-state index in [1.165, 1.54) is 23.3 Å². The summed E-state index contributed by atoms with van der Waals surface area (Å²) in [5, 5.41) is 3.33. The average molecular weight is 480 g/mol. The number of esters is 1. The summed E-state index contributed by atoms with van der Waals surface area (Å²) in [5.41, 5.74) is 2.15. The third kappa shape index (κ3) is 2.31. The van der Waals surface area contributed by atoms with E-state index in [0.29, 0.717) is 17.1 Å². The molecule has 0 aliphatic carbocycles. The van der Waals surface area contributed by atoms with Gasteiger partial charge in [0, 0.05) is 22.2 Å². The molecule has 9 heteroatoms. The molecule has 4 atom stereocenters. The van der Waals surface area contributed by atoms with E-state index in [2.05, 4.69) is 10.2 Å².